The van der Waals surface area contributed by atoms with Gasteiger partial charge in [-0.2, -0.15) is 0 Å². The van der Waals surface area contributed by atoms with E-state index in [2.05, 4.69) is 95.7 Å². The van der Waals surface area contributed by atoms with E-state index in [1.54, 1.807) is 0 Å². The van der Waals surface area contributed by atoms with Crippen molar-refractivity contribution in [2.24, 2.45) is 0 Å². The molecule has 8 rings (SSSR count). The van der Waals surface area contributed by atoms with E-state index in [9.17, 15) is 0 Å². The predicted octanol–water partition coefficient (Wildman–Crippen LogP) is 11.0. The van der Waals surface area contributed by atoms with Crippen LogP contribution in [0.15, 0.2) is 95.7 Å². The number of fused-ring (bicyclic) bond motifs is 7. The first-order chi connectivity index (χ1) is 16.8. The van der Waals surface area contributed by atoms with Crippen molar-refractivity contribution in [3.63, 3.8) is 0 Å². The molecule has 0 aliphatic heterocycles. The summed E-state index contributed by atoms with van der Waals surface area (Å²) in [6.45, 7) is 0. The zero-order chi connectivity index (χ0) is 22.2. The molecule has 0 radical (unpaired) electrons. The highest BCUT2D eigenvalue weighted by Crippen LogP contribution is 2.46. The van der Waals surface area contributed by atoms with Crippen LogP contribution in [0.4, 0.5) is 0 Å². The van der Waals surface area contributed by atoms with Crippen molar-refractivity contribution >= 4 is 96.5 Å². The number of rotatable bonds is 2. The molecule has 0 spiro atoms. The Hall–Kier alpha value is -3.02. The van der Waals surface area contributed by atoms with Crippen LogP contribution < -0.4 is 0 Å². The van der Waals surface area contributed by atoms with E-state index < -0.39 is 0 Å². The first kappa shape index (κ1) is 19.3. The summed E-state index contributed by atoms with van der Waals surface area (Å²) in [5.41, 5.74) is 2.72. The summed E-state index contributed by atoms with van der Waals surface area (Å²) in [5.74, 6) is 0. The predicted molar refractivity (Wildman–Crippen MR) is 156 cm³/mol. The fraction of sp³-hybridized carbons (Fsp3) is 0. The third kappa shape index (κ3) is 2.74. The molecule has 4 aromatic carbocycles. The van der Waals surface area contributed by atoms with E-state index >= 15 is 0 Å². The lowest BCUT2D eigenvalue weighted by atomic mass is 10.1. The lowest BCUT2D eigenvalue weighted by Crippen LogP contribution is -1.73. The normalized spacial score (nSPS) is 12.1. The van der Waals surface area contributed by atoms with E-state index in [1.165, 1.54) is 72.0 Å². The summed E-state index contributed by atoms with van der Waals surface area (Å²) in [6, 6.07) is 31.5. The fourth-order valence-corrected chi connectivity index (χ4v) is 9.51. The van der Waals surface area contributed by atoms with Crippen molar-refractivity contribution in [3.05, 3.63) is 95.7 Å². The molecule has 160 valence electrons. The van der Waals surface area contributed by atoms with E-state index in [1.807, 2.05) is 45.3 Å². The van der Waals surface area contributed by atoms with Crippen LogP contribution in [0, 0.1) is 0 Å². The first-order valence-electron chi connectivity index (χ1n) is 11.2. The second-order valence-electron chi connectivity index (χ2n) is 8.58. The minimum absolute atomic E-state index is 1.34. The Morgan fingerprint density at radius 1 is 0.441 bits per heavy atom. The average Bonchev–Trinajstić information content (AvgIpc) is 3.66. The van der Waals surface area contributed by atoms with Gasteiger partial charge in [0.25, 0.3) is 0 Å². The van der Waals surface area contributed by atoms with Gasteiger partial charge in [-0.15, -0.1) is 45.3 Å². The number of hydrogen-bond donors (Lipinski definition) is 0. The number of benzene rings is 4. The Balaban J connectivity index is 1.34. The highest BCUT2D eigenvalue weighted by Gasteiger charge is 2.15. The maximum Gasteiger partial charge on any atom is 0.0428 e. The zero-order valence-corrected chi connectivity index (χ0v) is 21.1. The lowest BCUT2D eigenvalue weighted by Gasteiger charge is -2.01. The van der Waals surface area contributed by atoms with Gasteiger partial charge in [0.2, 0.25) is 0 Å². The second-order valence-corrected chi connectivity index (χ2v) is 12.5. The highest BCUT2D eigenvalue weighted by molar-refractivity contribution is 7.25. The van der Waals surface area contributed by atoms with Crippen LogP contribution in [-0.2, 0) is 0 Å². The van der Waals surface area contributed by atoms with Gasteiger partial charge in [-0.25, -0.2) is 0 Å². The molecular formula is C30H16S4. The van der Waals surface area contributed by atoms with E-state index in [0.29, 0.717) is 0 Å². The maximum atomic E-state index is 2.37. The van der Waals surface area contributed by atoms with Gasteiger partial charge in [0.15, 0.2) is 0 Å². The molecule has 0 bridgehead atoms. The lowest BCUT2D eigenvalue weighted by molar-refractivity contribution is 1.84. The van der Waals surface area contributed by atoms with Gasteiger partial charge in [-0.1, -0.05) is 60.7 Å². The quantitative estimate of drug-likeness (QED) is 0.220. The third-order valence-corrected chi connectivity index (χ3v) is 11.0. The Morgan fingerprint density at radius 3 is 1.41 bits per heavy atom. The molecule has 0 saturated carbocycles. The number of thiophene rings is 4. The minimum Gasteiger partial charge on any atom is -0.143 e. The molecule has 4 heteroatoms. The summed E-state index contributed by atoms with van der Waals surface area (Å²) < 4.78 is 5.49. The van der Waals surface area contributed by atoms with E-state index in [0.717, 1.165) is 0 Å². The van der Waals surface area contributed by atoms with Crippen molar-refractivity contribution in [2.45, 2.75) is 0 Å². The van der Waals surface area contributed by atoms with Gasteiger partial charge in [0.05, 0.1) is 0 Å². The van der Waals surface area contributed by atoms with E-state index in [4.69, 9.17) is 0 Å². The van der Waals surface area contributed by atoms with Crippen LogP contribution >= 0.6 is 45.3 Å². The molecule has 0 fully saturated rings. The molecule has 8 aromatic rings. The molecule has 0 saturated heterocycles. The summed E-state index contributed by atoms with van der Waals surface area (Å²) >= 11 is 7.53. The van der Waals surface area contributed by atoms with Crippen LogP contribution in [-0.4, -0.2) is 0 Å². The molecule has 4 heterocycles. The Bertz CT molecular complexity index is 1880. The minimum atomic E-state index is 1.34. The van der Waals surface area contributed by atoms with Crippen LogP contribution in [0.2, 0.25) is 0 Å². The fourth-order valence-electron chi connectivity index (χ4n) is 5.00. The number of hydrogen-bond acceptors (Lipinski definition) is 4. The molecule has 0 atom stereocenters. The molecule has 0 unspecified atom stereocenters. The van der Waals surface area contributed by atoms with Crippen molar-refractivity contribution in [1.82, 2.24) is 0 Å². The van der Waals surface area contributed by atoms with Crippen molar-refractivity contribution in [3.8, 4) is 20.9 Å². The molecule has 34 heavy (non-hydrogen) atoms. The van der Waals surface area contributed by atoms with Gasteiger partial charge in [-0.05, 0) is 35.0 Å². The monoisotopic (exact) mass is 504 g/mol. The average molecular weight is 505 g/mol. The summed E-state index contributed by atoms with van der Waals surface area (Å²) in [5, 5.41) is 12.7. The maximum absolute atomic E-state index is 2.37. The van der Waals surface area contributed by atoms with Gasteiger partial charge in [0, 0.05) is 72.0 Å². The third-order valence-electron chi connectivity index (χ3n) is 6.65. The van der Waals surface area contributed by atoms with Crippen LogP contribution in [0.3, 0.4) is 0 Å². The van der Waals surface area contributed by atoms with Gasteiger partial charge in [0.1, 0.15) is 0 Å². The second kappa shape index (κ2) is 7.24. The van der Waals surface area contributed by atoms with Crippen molar-refractivity contribution in [1.29, 1.82) is 0 Å². The zero-order valence-electron chi connectivity index (χ0n) is 17.9. The van der Waals surface area contributed by atoms with Gasteiger partial charge < -0.3 is 0 Å². The largest absolute Gasteiger partial charge is 0.143 e. The van der Waals surface area contributed by atoms with Crippen LogP contribution in [0.1, 0.15) is 0 Å². The first-order valence-corrected chi connectivity index (χ1v) is 14.5. The molecule has 4 aromatic heterocycles. The molecular weight excluding hydrogens is 489 g/mol. The molecule has 0 aliphatic carbocycles. The van der Waals surface area contributed by atoms with Crippen molar-refractivity contribution in [2.75, 3.05) is 0 Å². The van der Waals surface area contributed by atoms with Crippen molar-refractivity contribution < 1.29 is 0 Å². The Labute approximate surface area is 212 Å². The molecule has 0 amide bonds. The van der Waals surface area contributed by atoms with Gasteiger partial charge >= 0.3 is 0 Å². The van der Waals surface area contributed by atoms with Crippen LogP contribution in [0.25, 0.3) is 72.0 Å². The molecule has 0 nitrogen and oxygen atoms in total. The molecule has 0 N–H and O–H groups in total. The van der Waals surface area contributed by atoms with Gasteiger partial charge in [-0.3, -0.25) is 0 Å². The standard InChI is InChI=1S/C30H16S4/c1-3-7-25-19(5-1)23(15-31-25)27-13-17-9-11-22-21(29(17)33-27)12-10-18-14-28(34-30(18)22)24-16-32-26-8-4-2-6-20(24)26/h1-16H. The summed E-state index contributed by atoms with van der Waals surface area (Å²) in [6.07, 6.45) is 0. The molecule has 0 aliphatic rings. The van der Waals surface area contributed by atoms with E-state index in [-0.39, 0.29) is 0 Å². The Kier molecular flexibility index (Phi) is 4.11. The highest BCUT2D eigenvalue weighted by atomic mass is 32.1. The summed E-state index contributed by atoms with van der Waals surface area (Å²) in [7, 11) is 0. The topological polar surface area (TPSA) is 0 Å². The van der Waals surface area contributed by atoms with Crippen LogP contribution in [0.5, 0.6) is 0 Å². The summed E-state index contributed by atoms with van der Waals surface area (Å²) in [4.78, 5) is 2.72. The Morgan fingerprint density at radius 2 is 0.912 bits per heavy atom. The SMILES string of the molecule is c1ccc2c(-c3cc4ccc5c(ccc6cc(-c7csc8ccccc78)sc65)c4s3)csc2c1. The smallest absolute Gasteiger partial charge is 0.0428 e.